The van der Waals surface area contributed by atoms with Crippen LogP contribution in [-0.2, 0) is 11.2 Å². The van der Waals surface area contributed by atoms with Crippen LogP contribution in [0.3, 0.4) is 0 Å². The highest BCUT2D eigenvalue weighted by Crippen LogP contribution is 2.37. The fraction of sp³-hybridized carbons (Fsp3) is 0.200. The van der Waals surface area contributed by atoms with Crippen molar-refractivity contribution in [1.29, 1.82) is 0 Å². The van der Waals surface area contributed by atoms with Gasteiger partial charge in [0.05, 0.1) is 21.9 Å². The van der Waals surface area contributed by atoms with E-state index < -0.39 is 12.1 Å². The van der Waals surface area contributed by atoms with E-state index in [9.17, 15) is 22.0 Å². The van der Waals surface area contributed by atoms with Crippen LogP contribution in [0, 0.1) is 11.6 Å². The van der Waals surface area contributed by atoms with E-state index in [0.29, 0.717) is 22.9 Å². The molecule has 0 saturated carbocycles. The molecule has 0 bridgehead atoms. The lowest BCUT2D eigenvalue weighted by molar-refractivity contribution is -0.192. The van der Waals surface area contributed by atoms with Gasteiger partial charge in [-0.2, -0.15) is 13.2 Å². The van der Waals surface area contributed by atoms with Crippen molar-refractivity contribution in [2.75, 3.05) is 0 Å². The van der Waals surface area contributed by atoms with Gasteiger partial charge >= 0.3 is 12.1 Å². The highest BCUT2D eigenvalue weighted by atomic mass is 35.5. The maximum atomic E-state index is 13.8. The van der Waals surface area contributed by atoms with E-state index in [2.05, 4.69) is 5.32 Å². The number of rotatable bonds is 5. The maximum absolute atomic E-state index is 13.8. The molecule has 11 heteroatoms. The van der Waals surface area contributed by atoms with Gasteiger partial charge in [0.25, 0.3) is 0 Å². The second-order valence-corrected chi connectivity index (χ2v) is 8.62. The molecular weight excluding hydrogens is 526 g/mol. The Hall–Kier alpha value is -3.17. The van der Waals surface area contributed by atoms with Crippen molar-refractivity contribution >= 4 is 35.0 Å². The third-order valence-corrected chi connectivity index (χ3v) is 5.95. The number of alkyl halides is 3. The lowest BCUT2D eigenvalue weighted by Crippen LogP contribution is -2.24. The van der Waals surface area contributed by atoms with E-state index in [1.54, 1.807) is 18.2 Å². The Bertz CT molecular complexity index is 1270. The number of aliphatic carboxylic acids is 1. The minimum atomic E-state index is -5.08. The molecule has 0 radical (unpaired) electrons. The monoisotopic (exact) mass is 544 g/mol. The van der Waals surface area contributed by atoms with Crippen molar-refractivity contribution in [3.63, 3.8) is 0 Å². The zero-order chi connectivity index (χ0) is 26.5. The molecule has 0 amide bonds. The molecular formula is C25H19Cl2F5N2O2. The summed E-state index contributed by atoms with van der Waals surface area (Å²) < 4.78 is 59.3. The molecule has 0 aliphatic carbocycles. The molecule has 0 spiro atoms. The van der Waals surface area contributed by atoms with Crippen molar-refractivity contribution < 1.29 is 31.9 Å². The molecule has 2 N–H and O–H groups in total. The van der Waals surface area contributed by atoms with E-state index in [-0.39, 0.29) is 23.7 Å². The predicted octanol–water partition coefficient (Wildman–Crippen LogP) is 7.32. The number of benzene rings is 3. The van der Waals surface area contributed by atoms with Crippen LogP contribution in [-0.4, -0.2) is 23.1 Å². The molecule has 1 aliphatic rings. The average Bonchev–Trinajstić information content (AvgIpc) is 3.24. The fourth-order valence-electron chi connectivity index (χ4n) is 3.56. The first-order chi connectivity index (χ1) is 16.9. The topological polar surface area (TPSA) is 61.7 Å². The molecule has 0 saturated heterocycles. The molecule has 1 heterocycles. The number of aryl methyl sites for hydroxylation is 1. The predicted molar refractivity (Wildman–Crippen MR) is 127 cm³/mol. The molecule has 36 heavy (non-hydrogen) atoms. The van der Waals surface area contributed by atoms with E-state index in [0.717, 1.165) is 22.5 Å². The first kappa shape index (κ1) is 27.4. The zero-order valence-corrected chi connectivity index (χ0v) is 19.9. The minimum absolute atomic E-state index is 0.267. The van der Waals surface area contributed by atoms with Crippen LogP contribution < -0.4 is 5.32 Å². The summed E-state index contributed by atoms with van der Waals surface area (Å²) in [5.41, 5.74) is 2.56. The largest absolute Gasteiger partial charge is 0.490 e. The van der Waals surface area contributed by atoms with E-state index in [1.165, 1.54) is 24.3 Å². The third-order valence-electron chi connectivity index (χ3n) is 5.21. The van der Waals surface area contributed by atoms with Gasteiger partial charge in [0, 0.05) is 6.42 Å². The lowest BCUT2D eigenvalue weighted by Gasteiger charge is -2.20. The van der Waals surface area contributed by atoms with Gasteiger partial charge in [-0.1, -0.05) is 53.5 Å². The Balaban J connectivity index is 0.000000454. The first-order valence-corrected chi connectivity index (χ1v) is 11.3. The summed E-state index contributed by atoms with van der Waals surface area (Å²) in [6.45, 7) is 0. The van der Waals surface area contributed by atoms with Gasteiger partial charge < -0.3 is 10.4 Å². The van der Waals surface area contributed by atoms with Crippen LogP contribution in [0.5, 0.6) is 0 Å². The van der Waals surface area contributed by atoms with Crippen LogP contribution in [0.1, 0.15) is 35.2 Å². The van der Waals surface area contributed by atoms with Crippen LogP contribution in [0.25, 0.3) is 0 Å². The van der Waals surface area contributed by atoms with Crippen molar-refractivity contribution in [2.45, 2.75) is 31.1 Å². The summed E-state index contributed by atoms with van der Waals surface area (Å²) in [7, 11) is 0. The first-order valence-electron chi connectivity index (χ1n) is 10.5. The number of nitrogens with zero attached hydrogens (tertiary/aromatic N) is 1. The van der Waals surface area contributed by atoms with Crippen LogP contribution in [0.2, 0.25) is 10.0 Å². The molecule has 0 unspecified atom stereocenters. The number of carboxylic acid groups (broad SMARTS) is 1. The number of aliphatic imine (C=N–C) groups is 1. The zero-order valence-electron chi connectivity index (χ0n) is 18.4. The number of halogens is 7. The van der Waals surface area contributed by atoms with Crippen molar-refractivity contribution in [1.82, 2.24) is 5.32 Å². The summed E-state index contributed by atoms with van der Waals surface area (Å²) in [6, 6.07) is 17.7. The van der Waals surface area contributed by atoms with Crippen LogP contribution >= 0.6 is 23.2 Å². The van der Waals surface area contributed by atoms with E-state index >= 15 is 0 Å². The number of hydrogen-bond acceptors (Lipinski definition) is 3. The molecule has 0 fully saturated rings. The second kappa shape index (κ2) is 11.7. The van der Waals surface area contributed by atoms with Gasteiger partial charge in [0.1, 0.15) is 17.7 Å². The standard InChI is InChI=1S/C23H18Cl2F2N2.C2HF3O2/c24-19-9-7-14(11-20(19)25)8-10-21-28-22(15-3-1-5-17(26)12-15)23(29-21)16-4-2-6-18(27)13-16;3-2(4,5)1(6)7/h1-7,9,11-13,22-23H,8,10H2,(H,28,29);(H,6,7)/t22-,23+;. The van der Waals surface area contributed by atoms with Gasteiger partial charge in [-0.3, -0.25) is 4.99 Å². The van der Waals surface area contributed by atoms with Gasteiger partial charge in [-0.15, -0.1) is 0 Å². The second-order valence-electron chi connectivity index (χ2n) is 7.80. The Kier molecular flexibility index (Phi) is 8.92. The van der Waals surface area contributed by atoms with Crippen molar-refractivity contribution in [3.05, 3.63) is 105 Å². The van der Waals surface area contributed by atoms with Gasteiger partial charge in [0.2, 0.25) is 0 Å². The lowest BCUT2D eigenvalue weighted by atomic mass is 9.95. The summed E-state index contributed by atoms with van der Waals surface area (Å²) >= 11 is 12.1. The fourth-order valence-corrected chi connectivity index (χ4v) is 3.88. The molecule has 4 nitrogen and oxygen atoms in total. The Morgan fingerprint density at radius 1 is 0.889 bits per heavy atom. The molecule has 0 aromatic heterocycles. The third kappa shape index (κ3) is 7.41. The molecule has 1 aliphatic heterocycles. The van der Waals surface area contributed by atoms with Crippen molar-refractivity contribution in [3.8, 4) is 0 Å². The quantitative estimate of drug-likeness (QED) is 0.331. The number of carbonyl (C=O) groups is 1. The molecule has 4 rings (SSSR count). The average molecular weight is 545 g/mol. The maximum Gasteiger partial charge on any atom is 0.490 e. The summed E-state index contributed by atoms with van der Waals surface area (Å²) in [5, 5.41) is 11.6. The minimum Gasteiger partial charge on any atom is -0.475 e. The smallest absolute Gasteiger partial charge is 0.475 e. The Morgan fingerprint density at radius 2 is 1.47 bits per heavy atom. The van der Waals surface area contributed by atoms with E-state index in [1.807, 2.05) is 24.3 Å². The molecule has 190 valence electrons. The van der Waals surface area contributed by atoms with Crippen molar-refractivity contribution in [2.24, 2.45) is 4.99 Å². The summed E-state index contributed by atoms with van der Waals surface area (Å²) in [4.78, 5) is 13.7. The van der Waals surface area contributed by atoms with Gasteiger partial charge in [-0.25, -0.2) is 13.6 Å². The number of nitrogens with one attached hydrogen (secondary N) is 1. The summed E-state index contributed by atoms with van der Waals surface area (Å²) in [6.07, 6.45) is -3.72. The Labute approximate surface area is 213 Å². The highest BCUT2D eigenvalue weighted by Gasteiger charge is 2.38. The molecule has 2 atom stereocenters. The van der Waals surface area contributed by atoms with Gasteiger partial charge in [0.15, 0.2) is 0 Å². The van der Waals surface area contributed by atoms with E-state index in [4.69, 9.17) is 38.1 Å². The van der Waals surface area contributed by atoms with Gasteiger partial charge in [-0.05, 0) is 59.5 Å². The number of carboxylic acids is 1. The number of hydrogen-bond donors (Lipinski definition) is 2. The molecule has 3 aromatic carbocycles. The number of amidine groups is 1. The van der Waals surface area contributed by atoms with Crippen LogP contribution in [0.15, 0.2) is 71.7 Å². The Morgan fingerprint density at radius 3 is 2.03 bits per heavy atom. The normalized spacial score (nSPS) is 17.0. The molecule has 3 aromatic rings. The SMILES string of the molecule is Fc1cccc([C@H]2N=C(CCc3ccc(Cl)c(Cl)c3)N[C@H]2c2cccc(F)c2)c1.O=C(O)C(F)(F)F. The highest BCUT2D eigenvalue weighted by molar-refractivity contribution is 6.42. The summed E-state index contributed by atoms with van der Waals surface area (Å²) in [5.74, 6) is -2.60. The van der Waals surface area contributed by atoms with Crippen LogP contribution in [0.4, 0.5) is 22.0 Å².